The summed E-state index contributed by atoms with van der Waals surface area (Å²) in [6.45, 7) is 11.3. The zero-order valence-corrected chi connectivity index (χ0v) is 18.2. The molecule has 1 amide bonds. The highest BCUT2D eigenvalue weighted by molar-refractivity contribution is 5.79. The molecule has 2 aromatic rings. The average Bonchev–Trinajstić information content (AvgIpc) is 3.18. The Morgan fingerprint density at radius 3 is 2.52 bits per heavy atom. The zero-order valence-electron chi connectivity index (χ0n) is 18.2. The second-order valence-electron chi connectivity index (χ2n) is 9.64. The molecular weight excluding hydrogens is 364 g/mol. The number of ether oxygens (including phenoxy) is 1. The lowest BCUT2D eigenvalue weighted by Crippen LogP contribution is -2.47. The molecule has 0 spiro atoms. The van der Waals surface area contributed by atoms with Crippen LogP contribution in [-0.2, 0) is 17.8 Å². The van der Waals surface area contributed by atoms with Crippen molar-refractivity contribution >= 4 is 5.91 Å². The van der Waals surface area contributed by atoms with Gasteiger partial charge in [0.1, 0.15) is 18.1 Å². The first kappa shape index (κ1) is 20.0. The van der Waals surface area contributed by atoms with E-state index in [1.54, 1.807) is 0 Å². The van der Waals surface area contributed by atoms with Crippen LogP contribution in [0.25, 0.3) is 0 Å². The molecule has 0 aliphatic heterocycles. The fourth-order valence-corrected chi connectivity index (χ4v) is 5.42. The molecule has 2 bridgehead atoms. The molecule has 1 aromatic carbocycles. The van der Waals surface area contributed by atoms with Crippen LogP contribution in [0.2, 0.25) is 0 Å². The Kier molecular flexibility index (Phi) is 4.96. The summed E-state index contributed by atoms with van der Waals surface area (Å²) in [4.78, 5) is 12.7. The van der Waals surface area contributed by atoms with Crippen LogP contribution in [-0.4, -0.2) is 17.1 Å². The molecule has 1 aromatic heterocycles. The third kappa shape index (κ3) is 3.45. The van der Waals surface area contributed by atoms with Crippen LogP contribution in [0.1, 0.15) is 62.6 Å². The summed E-state index contributed by atoms with van der Waals surface area (Å²) in [6.07, 6.45) is 4.03. The van der Waals surface area contributed by atoms with Crippen LogP contribution in [0.15, 0.2) is 28.8 Å². The Morgan fingerprint density at radius 1 is 1.24 bits per heavy atom. The van der Waals surface area contributed by atoms with Crippen LogP contribution < -0.4 is 10.1 Å². The van der Waals surface area contributed by atoms with E-state index in [0.29, 0.717) is 24.5 Å². The van der Waals surface area contributed by atoms with Gasteiger partial charge in [0.05, 0.1) is 17.7 Å². The molecule has 0 saturated heterocycles. The molecule has 2 fully saturated rings. The number of hydrogen-bond donors (Lipinski definition) is 1. The normalized spacial score (nSPS) is 27.2. The summed E-state index contributed by atoms with van der Waals surface area (Å²) in [6, 6.07) is 8.07. The van der Waals surface area contributed by atoms with Crippen molar-refractivity contribution in [2.24, 2.45) is 16.7 Å². The van der Waals surface area contributed by atoms with Gasteiger partial charge in [-0.2, -0.15) is 0 Å². The van der Waals surface area contributed by atoms with E-state index in [1.807, 2.05) is 38.1 Å². The summed E-state index contributed by atoms with van der Waals surface area (Å²) in [5.41, 5.74) is 3.36. The highest BCUT2D eigenvalue weighted by atomic mass is 16.5. The number of nitrogens with one attached hydrogen (secondary N) is 1. The van der Waals surface area contributed by atoms with Gasteiger partial charge in [0.2, 0.25) is 5.91 Å². The van der Waals surface area contributed by atoms with E-state index in [4.69, 9.17) is 9.26 Å². The van der Waals surface area contributed by atoms with Crippen molar-refractivity contribution in [1.29, 1.82) is 0 Å². The topological polar surface area (TPSA) is 64.4 Å². The van der Waals surface area contributed by atoms with Crippen molar-refractivity contribution in [1.82, 2.24) is 10.5 Å². The number of carbonyl (C=O) groups excluding carboxylic acids is 1. The molecule has 3 atom stereocenters. The van der Waals surface area contributed by atoms with Crippen LogP contribution in [0, 0.1) is 30.6 Å². The van der Waals surface area contributed by atoms with E-state index < -0.39 is 0 Å². The van der Waals surface area contributed by atoms with E-state index in [1.165, 1.54) is 12.8 Å². The van der Waals surface area contributed by atoms with E-state index in [2.05, 4.69) is 31.2 Å². The second-order valence-corrected chi connectivity index (χ2v) is 9.64. The van der Waals surface area contributed by atoms with Crippen molar-refractivity contribution in [2.75, 3.05) is 0 Å². The molecule has 0 radical (unpaired) electrons. The molecule has 2 aliphatic rings. The summed E-state index contributed by atoms with van der Waals surface area (Å²) < 4.78 is 11.0. The fraction of sp³-hybridized carbons (Fsp3) is 0.583. The first-order valence-corrected chi connectivity index (χ1v) is 10.6. The minimum Gasteiger partial charge on any atom is -0.489 e. The maximum Gasteiger partial charge on any atom is 0.224 e. The predicted octanol–water partition coefficient (Wildman–Crippen LogP) is 4.74. The number of aryl methyl sites for hydroxylation is 2. The lowest BCUT2D eigenvalue weighted by molar-refractivity contribution is -0.122. The monoisotopic (exact) mass is 396 g/mol. The maximum atomic E-state index is 12.7. The highest BCUT2D eigenvalue weighted by Gasteiger charge is 2.61. The molecule has 5 heteroatoms. The van der Waals surface area contributed by atoms with Gasteiger partial charge in [0, 0.05) is 6.04 Å². The van der Waals surface area contributed by atoms with Crippen molar-refractivity contribution in [3.63, 3.8) is 0 Å². The molecule has 156 valence electrons. The third-order valence-electron chi connectivity index (χ3n) is 7.98. The number of benzene rings is 1. The Hall–Kier alpha value is -2.30. The second kappa shape index (κ2) is 7.19. The summed E-state index contributed by atoms with van der Waals surface area (Å²) in [5, 5.41) is 7.28. The van der Waals surface area contributed by atoms with Gasteiger partial charge in [-0.15, -0.1) is 0 Å². The van der Waals surface area contributed by atoms with Gasteiger partial charge in [-0.3, -0.25) is 4.79 Å². The van der Waals surface area contributed by atoms with Gasteiger partial charge in [0.15, 0.2) is 0 Å². The number of nitrogens with zero attached hydrogens (tertiary/aromatic N) is 1. The lowest BCUT2D eigenvalue weighted by atomic mass is 9.69. The SMILES string of the molecule is Cc1noc(C)c1COc1ccc(CC(=O)NC2CC3CCC2(C)C3(C)C)cc1. The molecule has 2 aliphatic carbocycles. The third-order valence-corrected chi connectivity index (χ3v) is 7.98. The molecule has 29 heavy (non-hydrogen) atoms. The molecule has 1 heterocycles. The number of hydrogen-bond acceptors (Lipinski definition) is 4. The molecular formula is C24H32N2O3. The average molecular weight is 397 g/mol. The maximum absolute atomic E-state index is 12.7. The number of carbonyl (C=O) groups is 1. The Labute approximate surface area is 173 Å². The Morgan fingerprint density at radius 2 is 1.97 bits per heavy atom. The van der Waals surface area contributed by atoms with Crippen molar-refractivity contribution in [2.45, 2.75) is 73.0 Å². The minimum absolute atomic E-state index is 0.115. The summed E-state index contributed by atoms with van der Waals surface area (Å²) in [5.74, 6) is 2.40. The van der Waals surface area contributed by atoms with E-state index in [-0.39, 0.29) is 11.3 Å². The van der Waals surface area contributed by atoms with Crippen molar-refractivity contribution in [3.05, 3.63) is 46.8 Å². The molecule has 5 nitrogen and oxygen atoms in total. The number of amides is 1. The fourth-order valence-electron chi connectivity index (χ4n) is 5.42. The van der Waals surface area contributed by atoms with Gasteiger partial charge in [0.25, 0.3) is 0 Å². The van der Waals surface area contributed by atoms with E-state index in [9.17, 15) is 4.79 Å². The quantitative estimate of drug-likeness (QED) is 0.766. The number of rotatable bonds is 6. The first-order valence-electron chi connectivity index (χ1n) is 10.6. The smallest absolute Gasteiger partial charge is 0.224 e. The van der Waals surface area contributed by atoms with Gasteiger partial charge >= 0.3 is 0 Å². The first-order chi connectivity index (χ1) is 13.7. The summed E-state index contributed by atoms with van der Waals surface area (Å²) in [7, 11) is 0. The number of fused-ring (bicyclic) bond motifs is 2. The van der Waals surface area contributed by atoms with Gasteiger partial charge < -0.3 is 14.6 Å². The van der Waals surface area contributed by atoms with Crippen molar-refractivity contribution < 1.29 is 14.1 Å². The predicted molar refractivity (Wildman–Crippen MR) is 112 cm³/mol. The standard InChI is InChI=1S/C24H32N2O3/c1-15-20(16(2)29-26-15)14-28-19-8-6-17(7-9-19)12-22(27)25-21-13-18-10-11-24(21,5)23(18,3)4/h6-9,18,21H,10-14H2,1-5H3,(H,25,27). The van der Waals surface area contributed by atoms with Gasteiger partial charge in [-0.05, 0) is 67.6 Å². The van der Waals surface area contributed by atoms with Crippen molar-refractivity contribution in [3.8, 4) is 5.75 Å². The van der Waals surface area contributed by atoms with Crippen LogP contribution in [0.5, 0.6) is 5.75 Å². The number of aromatic nitrogens is 1. The largest absolute Gasteiger partial charge is 0.489 e. The van der Waals surface area contributed by atoms with Crippen LogP contribution in [0.3, 0.4) is 0 Å². The minimum atomic E-state index is 0.115. The molecule has 3 unspecified atom stereocenters. The molecule has 4 rings (SSSR count). The Balaban J connectivity index is 1.32. The molecule has 1 N–H and O–H groups in total. The van der Waals surface area contributed by atoms with E-state index >= 15 is 0 Å². The van der Waals surface area contributed by atoms with Gasteiger partial charge in [-0.1, -0.05) is 38.1 Å². The van der Waals surface area contributed by atoms with Crippen LogP contribution >= 0.6 is 0 Å². The lowest BCUT2D eigenvalue weighted by Gasteiger charge is -2.39. The highest BCUT2D eigenvalue weighted by Crippen LogP contribution is 2.65. The Bertz CT molecular complexity index is 880. The summed E-state index contributed by atoms with van der Waals surface area (Å²) >= 11 is 0. The van der Waals surface area contributed by atoms with Gasteiger partial charge in [-0.25, -0.2) is 0 Å². The molecule has 2 saturated carbocycles. The zero-order chi connectivity index (χ0) is 20.8. The van der Waals surface area contributed by atoms with E-state index in [0.717, 1.165) is 40.7 Å². The van der Waals surface area contributed by atoms with Crippen LogP contribution in [0.4, 0.5) is 0 Å².